The fraction of sp³-hybridized carbons (Fsp3) is 0.444. The summed E-state index contributed by atoms with van der Waals surface area (Å²) in [6, 6.07) is 0. The monoisotopic (exact) mass is 242 g/mol. The number of anilines is 1. The number of carbonyl (C=O) groups is 1. The molecule has 16 heavy (non-hydrogen) atoms. The number of nitrogens with zero attached hydrogens (tertiary/aromatic N) is 3. The highest BCUT2D eigenvalue weighted by atomic mass is 35.5. The van der Waals surface area contributed by atoms with Gasteiger partial charge in [0.1, 0.15) is 16.5 Å². The molecule has 1 aliphatic heterocycles. The summed E-state index contributed by atoms with van der Waals surface area (Å²) < 4.78 is 0. The summed E-state index contributed by atoms with van der Waals surface area (Å²) in [5.41, 5.74) is 4.54. The minimum atomic E-state index is -1.20. The van der Waals surface area contributed by atoms with E-state index in [1.54, 1.807) is 11.1 Å². The van der Waals surface area contributed by atoms with Crippen LogP contribution in [-0.2, 0) is 4.79 Å². The van der Waals surface area contributed by atoms with Crippen LogP contribution in [0.1, 0.15) is 6.42 Å². The lowest BCUT2D eigenvalue weighted by Gasteiger charge is -2.20. The number of hydrogen-bond donors (Lipinski definition) is 2. The van der Waals surface area contributed by atoms with Crippen LogP contribution >= 0.6 is 11.6 Å². The Morgan fingerprint density at radius 3 is 2.94 bits per heavy atom. The molecule has 1 aliphatic rings. The zero-order chi connectivity index (χ0) is 11.8. The van der Waals surface area contributed by atoms with Gasteiger partial charge in [-0.05, 0) is 6.42 Å². The van der Waals surface area contributed by atoms with Gasteiger partial charge in [0, 0.05) is 13.1 Å². The maximum atomic E-state index is 11.0. The molecule has 7 heteroatoms. The molecular formula is C9H11ClN4O2. The van der Waals surface area contributed by atoms with Crippen LogP contribution < -0.4 is 10.6 Å². The van der Waals surface area contributed by atoms with Crippen LogP contribution in [0.5, 0.6) is 0 Å². The van der Waals surface area contributed by atoms with Crippen molar-refractivity contribution in [3.63, 3.8) is 0 Å². The molecule has 1 aromatic rings. The van der Waals surface area contributed by atoms with Gasteiger partial charge in [0.25, 0.3) is 0 Å². The van der Waals surface area contributed by atoms with Crippen LogP contribution in [0, 0.1) is 0 Å². The lowest BCUT2D eigenvalue weighted by molar-refractivity contribution is -0.142. The van der Waals surface area contributed by atoms with Gasteiger partial charge in [0.15, 0.2) is 0 Å². The van der Waals surface area contributed by atoms with Crippen molar-refractivity contribution >= 4 is 23.4 Å². The highest BCUT2D eigenvalue weighted by Crippen LogP contribution is 2.24. The lowest BCUT2D eigenvalue weighted by atomic mass is 10.0. The van der Waals surface area contributed by atoms with Gasteiger partial charge in [-0.15, -0.1) is 0 Å². The molecule has 1 saturated heterocycles. The topological polar surface area (TPSA) is 92.3 Å². The quantitative estimate of drug-likeness (QED) is 0.766. The van der Waals surface area contributed by atoms with Crippen molar-refractivity contribution in [3.8, 4) is 0 Å². The molecule has 0 saturated carbocycles. The Balaban J connectivity index is 2.18. The fourth-order valence-corrected chi connectivity index (χ4v) is 1.83. The van der Waals surface area contributed by atoms with Gasteiger partial charge in [0.05, 0.1) is 12.4 Å². The fourth-order valence-electron chi connectivity index (χ4n) is 1.69. The Morgan fingerprint density at radius 2 is 2.38 bits per heavy atom. The summed E-state index contributed by atoms with van der Waals surface area (Å²) in [4.78, 5) is 20.7. The SMILES string of the molecule is NC1(C(=O)O)CCN(c2cncc(Cl)n2)C1. The highest BCUT2D eigenvalue weighted by molar-refractivity contribution is 6.29. The number of aliphatic carboxylic acids is 1. The zero-order valence-electron chi connectivity index (χ0n) is 8.43. The van der Waals surface area contributed by atoms with E-state index in [1.165, 1.54) is 6.20 Å². The van der Waals surface area contributed by atoms with Gasteiger partial charge in [-0.2, -0.15) is 0 Å². The number of halogens is 1. The number of nitrogens with two attached hydrogens (primary N) is 1. The Hall–Kier alpha value is -1.40. The largest absolute Gasteiger partial charge is 0.480 e. The molecule has 1 fully saturated rings. The minimum Gasteiger partial charge on any atom is -0.480 e. The summed E-state index contributed by atoms with van der Waals surface area (Å²) >= 11 is 5.71. The van der Waals surface area contributed by atoms with Gasteiger partial charge in [0.2, 0.25) is 0 Å². The van der Waals surface area contributed by atoms with Crippen molar-refractivity contribution in [2.75, 3.05) is 18.0 Å². The number of hydrogen-bond acceptors (Lipinski definition) is 5. The molecule has 0 spiro atoms. The van der Waals surface area contributed by atoms with E-state index < -0.39 is 11.5 Å². The normalized spacial score (nSPS) is 24.8. The van der Waals surface area contributed by atoms with Crippen LogP contribution in [0.25, 0.3) is 0 Å². The van der Waals surface area contributed by atoms with Crippen molar-refractivity contribution in [2.45, 2.75) is 12.0 Å². The molecule has 1 atom stereocenters. The number of carboxylic acid groups (broad SMARTS) is 1. The summed E-state index contributed by atoms with van der Waals surface area (Å²) in [5.74, 6) is -0.439. The number of rotatable bonds is 2. The Morgan fingerprint density at radius 1 is 1.62 bits per heavy atom. The van der Waals surface area contributed by atoms with Crippen LogP contribution in [-0.4, -0.2) is 39.7 Å². The first kappa shape index (κ1) is 11.1. The minimum absolute atomic E-state index is 0.220. The Kier molecular flexibility index (Phi) is 2.69. The Labute approximate surface area is 97.0 Å². The number of aromatic nitrogens is 2. The molecule has 1 aromatic heterocycles. The molecule has 3 N–H and O–H groups in total. The zero-order valence-corrected chi connectivity index (χ0v) is 9.18. The molecule has 86 valence electrons. The standard InChI is InChI=1S/C9H11ClN4O2/c10-6-3-12-4-7(13-6)14-2-1-9(11,5-14)8(15)16/h3-4H,1-2,5,11H2,(H,15,16). The van der Waals surface area contributed by atoms with Gasteiger partial charge in [-0.3, -0.25) is 9.78 Å². The first-order chi connectivity index (χ1) is 7.51. The molecule has 0 amide bonds. The molecule has 1 unspecified atom stereocenters. The van der Waals surface area contributed by atoms with Crippen molar-refractivity contribution < 1.29 is 9.90 Å². The van der Waals surface area contributed by atoms with E-state index in [2.05, 4.69) is 9.97 Å². The average Bonchev–Trinajstić information content (AvgIpc) is 2.62. The van der Waals surface area contributed by atoms with E-state index in [1.807, 2.05) is 0 Å². The van der Waals surface area contributed by atoms with Crippen LogP contribution in [0.2, 0.25) is 5.15 Å². The summed E-state index contributed by atoms with van der Waals surface area (Å²) in [5, 5.41) is 9.26. The van der Waals surface area contributed by atoms with Gasteiger partial charge < -0.3 is 15.7 Å². The maximum absolute atomic E-state index is 11.0. The molecule has 0 radical (unpaired) electrons. The van der Waals surface area contributed by atoms with Gasteiger partial charge in [-0.25, -0.2) is 4.98 Å². The first-order valence-corrected chi connectivity index (χ1v) is 5.14. The molecule has 0 aliphatic carbocycles. The summed E-state index contributed by atoms with van der Waals surface area (Å²) in [6.45, 7) is 0.759. The highest BCUT2D eigenvalue weighted by Gasteiger charge is 2.41. The van der Waals surface area contributed by atoms with Crippen LogP contribution in [0.3, 0.4) is 0 Å². The third-order valence-corrected chi connectivity index (χ3v) is 2.83. The molecular weight excluding hydrogens is 232 g/mol. The van der Waals surface area contributed by atoms with E-state index >= 15 is 0 Å². The Bertz CT molecular complexity index is 428. The van der Waals surface area contributed by atoms with Crippen LogP contribution in [0.4, 0.5) is 5.82 Å². The van der Waals surface area contributed by atoms with Crippen molar-refractivity contribution in [2.24, 2.45) is 5.73 Å². The van der Waals surface area contributed by atoms with E-state index in [-0.39, 0.29) is 11.7 Å². The average molecular weight is 243 g/mol. The molecule has 6 nitrogen and oxygen atoms in total. The summed E-state index contributed by atoms with van der Waals surface area (Å²) in [6.07, 6.45) is 3.35. The summed E-state index contributed by atoms with van der Waals surface area (Å²) in [7, 11) is 0. The molecule has 0 aromatic carbocycles. The predicted octanol–water partition coefficient (Wildman–Crippen LogP) is 0.122. The van der Waals surface area contributed by atoms with Gasteiger partial charge >= 0.3 is 5.97 Å². The predicted molar refractivity (Wildman–Crippen MR) is 58.4 cm³/mol. The third-order valence-electron chi connectivity index (χ3n) is 2.64. The van der Waals surface area contributed by atoms with Crippen molar-refractivity contribution in [3.05, 3.63) is 17.5 Å². The van der Waals surface area contributed by atoms with E-state index in [0.717, 1.165) is 0 Å². The molecule has 0 bridgehead atoms. The third kappa shape index (κ3) is 1.94. The van der Waals surface area contributed by atoms with Crippen molar-refractivity contribution in [1.29, 1.82) is 0 Å². The second-order valence-corrected chi connectivity index (χ2v) is 4.22. The second kappa shape index (κ2) is 3.88. The second-order valence-electron chi connectivity index (χ2n) is 3.83. The van der Waals surface area contributed by atoms with E-state index in [0.29, 0.717) is 18.8 Å². The first-order valence-electron chi connectivity index (χ1n) is 4.76. The smallest absolute Gasteiger partial charge is 0.325 e. The van der Waals surface area contributed by atoms with E-state index in [9.17, 15) is 4.79 Å². The molecule has 2 heterocycles. The number of carboxylic acids is 1. The maximum Gasteiger partial charge on any atom is 0.325 e. The van der Waals surface area contributed by atoms with Gasteiger partial charge in [-0.1, -0.05) is 11.6 Å². The lowest BCUT2D eigenvalue weighted by Crippen LogP contribution is -2.50. The van der Waals surface area contributed by atoms with Crippen LogP contribution in [0.15, 0.2) is 12.4 Å². The van der Waals surface area contributed by atoms with E-state index in [4.69, 9.17) is 22.4 Å². The van der Waals surface area contributed by atoms with Crippen molar-refractivity contribution in [1.82, 2.24) is 9.97 Å². The molecule has 2 rings (SSSR count).